The largest absolute Gasteiger partial charge is 0.306 e. The molecule has 0 atom stereocenters. The number of nitrogens with one attached hydrogen (secondary N) is 1. The zero-order valence-electron chi connectivity index (χ0n) is 10.5. The molecule has 0 saturated heterocycles. The first-order valence-corrected chi connectivity index (χ1v) is 7.34. The lowest BCUT2D eigenvalue weighted by molar-refractivity contribution is 0.685. The second kappa shape index (κ2) is 5.75. The van der Waals surface area contributed by atoms with Crippen molar-refractivity contribution in [2.75, 3.05) is 0 Å². The van der Waals surface area contributed by atoms with Gasteiger partial charge in [-0.15, -0.1) is 11.3 Å². The van der Waals surface area contributed by atoms with Crippen LogP contribution in [0, 0.1) is 0 Å². The van der Waals surface area contributed by atoms with Crippen molar-refractivity contribution in [1.29, 1.82) is 0 Å². The molecule has 3 rings (SSSR count). The van der Waals surface area contributed by atoms with Crippen LogP contribution in [0.25, 0.3) is 5.65 Å². The number of hydrogen-bond acceptors (Lipinski definition) is 4. The molecule has 0 unspecified atom stereocenters. The Kier molecular flexibility index (Phi) is 3.82. The highest BCUT2D eigenvalue weighted by Crippen LogP contribution is 2.20. The van der Waals surface area contributed by atoms with Crippen LogP contribution >= 0.6 is 22.9 Å². The number of fused-ring (bicyclic) bond motifs is 1. The second-order valence-electron chi connectivity index (χ2n) is 4.32. The number of nitrogens with zero attached hydrogens (tertiary/aromatic N) is 2. The number of aromatic nitrogens is 2. The van der Waals surface area contributed by atoms with E-state index in [0.717, 1.165) is 14.9 Å². The fraction of sp³-hybridized carbons (Fsp3) is 0.143. The molecule has 0 saturated carbocycles. The Hall–Kier alpha value is -1.69. The molecule has 3 aromatic heterocycles. The quantitative estimate of drug-likeness (QED) is 0.806. The molecule has 0 spiro atoms. The summed E-state index contributed by atoms with van der Waals surface area (Å²) in [5.74, 6) is 0. The fourth-order valence-electron chi connectivity index (χ4n) is 1.95. The van der Waals surface area contributed by atoms with Gasteiger partial charge in [0.1, 0.15) is 5.65 Å². The second-order valence-corrected chi connectivity index (χ2v) is 6.12. The summed E-state index contributed by atoms with van der Waals surface area (Å²) in [6.07, 6.45) is 1.72. The monoisotopic (exact) mass is 305 g/mol. The van der Waals surface area contributed by atoms with Gasteiger partial charge in [0.05, 0.1) is 10.0 Å². The minimum absolute atomic E-state index is 0.0634. The molecule has 0 aromatic carbocycles. The molecule has 0 aliphatic heterocycles. The summed E-state index contributed by atoms with van der Waals surface area (Å²) in [7, 11) is 0. The first kappa shape index (κ1) is 13.3. The maximum atomic E-state index is 11.9. The van der Waals surface area contributed by atoms with Crippen LogP contribution in [-0.4, -0.2) is 9.38 Å². The first-order valence-electron chi connectivity index (χ1n) is 6.14. The lowest BCUT2D eigenvalue weighted by Gasteiger charge is -2.05. The zero-order chi connectivity index (χ0) is 13.9. The highest BCUT2D eigenvalue weighted by atomic mass is 35.5. The van der Waals surface area contributed by atoms with Gasteiger partial charge < -0.3 is 5.32 Å². The van der Waals surface area contributed by atoms with Gasteiger partial charge in [0, 0.05) is 30.2 Å². The topological polar surface area (TPSA) is 46.4 Å². The number of halogens is 1. The highest BCUT2D eigenvalue weighted by Gasteiger charge is 2.02. The SMILES string of the molecule is O=c1cc(CNCc2ccc(Cl)s2)nc2ccccn12. The fourth-order valence-corrected chi connectivity index (χ4v) is 3.01. The smallest absolute Gasteiger partial charge is 0.258 e. The lowest BCUT2D eigenvalue weighted by atomic mass is 10.3. The van der Waals surface area contributed by atoms with Gasteiger partial charge in [-0.05, 0) is 24.3 Å². The Morgan fingerprint density at radius 2 is 2.15 bits per heavy atom. The zero-order valence-corrected chi connectivity index (χ0v) is 12.1. The molecule has 6 heteroatoms. The van der Waals surface area contributed by atoms with Gasteiger partial charge in [0.15, 0.2) is 0 Å². The highest BCUT2D eigenvalue weighted by molar-refractivity contribution is 7.16. The minimum Gasteiger partial charge on any atom is -0.306 e. The maximum absolute atomic E-state index is 11.9. The van der Waals surface area contributed by atoms with Crippen molar-refractivity contribution in [2.45, 2.75) is 13.1 Å². The van der Waals surface area contributed by atoms with E-state index in [4.69, 9.17) is 11.6 Å². The number of hydrogen-bond donors (Lipinski definition) is 1. The predicted octanol–water partition coefficient (Wildman–Crippen LogP) is 2.70. The normalized spacial score (nSPS) is 11.1. The Morgan fingerprint density at radius 3 is 2.95 bits per heavy atom. The molecule has 1 N–H and O–H groups in total. The van der Waals surface area contributed by atoms with Gasteiger partial charge in [-0.1, -0.05) is 17.7 Å². The molecule has 0 aliphatic rings. The minimum atomic E-state index is -0.0634. The van der Waals surface area contributed by atoms with Crippen molar-refractivity contribution in [3.05, 3.63) is 67.9 Å². The van der Waals surface area contributed by atoms with Gasteiger partial charge in [0.25, 0.3) is 5.56 Å². The average molecular weight is 306 g/mol. The molecule has 0 amide bonds. The van der Waals surface area contributed by atoms with E-state index in [9.17, 15) is 4.79 Å². The van der Waals surface area contributed by atoms with E-state index in [1.807, 2.05) is 30.3 Å². The van der Waals surface area contributed by atoms with Gasteiger partial charge in [-0.2, -0.15) is 0 Å². The van der Waals surface area contributed by atoms with Crippen LogP contribution in [0.4, 0.5) is 0 Å². The van der Waals surface area contributed by atoms with E-state index in [2.05, 4.69) is 10.3 Å². The van der Waals surface area contributed by atoms with Crippen molar-refractivity contribution in [2.24, 2.45) is 0 Å². The molecule has 3 heterocycles. The lowest BCUT2D eigenvalue weighted by Crippen LogP contribution is -2.19. The summed E-state index contributed by atoms with van der Waals surface area (Å²) >= 11 is 7.42. The van der Waals surface area contributed by atoms with Gasteiger partial charge in [-0.25, -0.2) is 4.98 Å². The Labute approximate surface area is 124 Å². The van der Waals surface area contributed by atoms with Gasteiger partial charge in [0.2, 0.25) is 0 Å². The van der Waals surface area contributed by atoms with E-state index in [1.165, 1.54) is 4.40 Å². The molecule has 0 bridgehead atoms. The average Bonchev–Trinajstić information content (AvgIpc) is 2.85. The molecule has 4 nitrogen and oxygen atoms in total. The van der Waals surface area contributed by atoms with Crippen molar-refractivity contribution in [3.63, 3.8) is 0 Å². The standard InChI is InChI=1S/C14H12ClN3OS/c15-12-5-4-11(20-12)9-16-8-10-7-14(19)18-6-2-1-3-13(18)17-10/h1-7,16H,8-9H2. The van der Waals surface area contributed by atoms with E-state index in [-0.39, 0.29) is 5.56 Å². The Bertz CT molecular complexity index is 796. The summed E-state index contributed by atoms with van der Waals surface area (Å²) in [6, 6.07) is 10.9. The van der Waals surface area contributed by atoms with E-state index in [1.54, 1.807) is 23.6 Å². The van der Waals surface area contributed by atoms with Crippen LogP contribution in [0.3, 0.4) is 0 Å². The van der Waals surface area contributed by atoms with E-state index >= 15 is 0 Å². The number of rotatable bonds is 4. The van der Waals surface area contributed by atoms with E-state index in [0.29, 0.717) is 18.7 Å². The molecule has 20 heavy (non-hydrogen) atoms. The van der Waals surface area contributed by atoms with Crippen LogP contribution in [0.5, 0.6) is 0 Å². The predicted molar refractivity (Wildman–Crippen MR) is 81.3 cm³/mol. The molecule has 102 valence electrons. The van der Waals surface area contributed by atoms with Crippen LogP contribution in [0.2, 0.25) is 4.34 Å². The van der Waals surface area contributed by atoms with Crippen LogP contribution in [0.15, 0.2) is 47.4 Å². The van der Waals surface area contributed by atoms with Crippen molar-refractivity contribution in [1.82, 2.24) is 14.7 Å². The molecule has 0 aliphatic carbocycles. The Morgan fingerprint density at radius 1 is 1.25 bits per heavy atom. The third-order valence-electron chi connectivity index (χ3n) is 2.86. The van der Waals surface area contributed by atoms with Crippen molar-refractivity contribution in [3.8, 4) is 0 Å². The van der Waals surface area contributed by atoms with Crippen LogP contribution < -0.4 is 10.9 Å². The Balaban J connectivity index is 1.73. The van der Waals surface area contributed by atoms with Crippen molar-refractivity contribution >= 4 is 28.6 Å². The molecular weight excluding hydrogens is 294 g/mol. The third-order valence-corrected chi connectivity index (χ3v) is 4.09. The van der Waals surface area contributed by atoms with E-state index < -0.39 is 0 Å². The molecular formula is C14H12ClN3OS. The maximum Gasteiger partial charge on any atom is 0.258 e. The summed E-state index contributed by atoms with van der Waals surface area (Å²) in [4.78, 5) is 17.5. The van der Waals surface area contributed by atoms with Gasteiger partial charge in [-0.3, -0.25) is 9.20 Å². The number of thiophene rings is 1. The van der Waals surface area contributed by atoms with Crippen LogP contribution in [0.1, 0.15) is 10.6 Å². The molecule has 3 aromatic rings. The summed E-state index contributed by atoms with van der Waals surface area (Å²) < 4.78 is 2.31. The summed E-state index contributed by atoms with van der Waals surface area (Å²) in [5.41, 5.74) is 1.34. The molecule has 0 radical (unpaired) electrons. The number of pyridine rings is 1. The third kappa shape index (κ3) is 2.90. The first-order chi connectivity index (χ1) is 9.72. The van der Waals surface area contributed by atoms with Gasteiger partial charge >= 0.3 is 0 Å². The summed E-state index contributed by atoms with van der Waals surface area (Å²) in [6.45, 7) is 1.27. The van der Waals surface area contributed by atoms with Crippen molar-refractivity contribution < 1.29 is 0 Å². The molecule has 0 fully saturated rings. The summed E-state index contributed by atoms with van der Waals surface area (Å²) in [5, 5.41) is 3.26. The van der Waals surface area contributed by atoms with Crippen LogP contribution in [-0.2, 0) is 13.1 Å².